The van der Waals surface area contributed by atoms with E-state index in [4.69, 9.17) is 32.7 Å². The zero-order valence-electron chi connectivity index (χ0n) is 15.4. The van der Waals surface area contributed by atoms with Crippen LogP contribution in [0.1, 0.15) is 16.7 Å². The number of nitrogens with zero attached hydrogens (tertiary/aromatic N) is 1. The molecule has 150 valence electrons. The second-order valence-corrected chi connectivity index (χ2v) is 8.21. The summed E-state index contributed by atoms with van der Waals surface area (Å²) < 4.78 is 12.1. The molecule has 0 aliphatic carbocycles. The standard InChI is InChI=1S/C23H14BrCl2NO3/c24-16-3-1-2-15(10-16)13-29-18-7-4-14(5-8-18)11-21-23(28)30-22(27-21)19-9-6-17(25)12-20(19)26/h1-12H,13H2/b21-11-. The van der Waals surface area contributed by atoms with Crippen LogP contribution in [0, 0.1) is 0 Å². The molecule has 0 fully saturated rings. The summed E-state index contributed by atoms with van der Waals surface area (Å²) in [7, 11) is 0. The van der Waals surface area contributed by atoms with Crippen molar-refractivity contribution in [1.82, 2.24) is 0 Å². The van der Waals surface area contributed by atoms with Crippen LogP contribution in [-0.2, 0) is 16.1 Å². The predicted molar refractivity (Wildman–Crippen MR) is 122 cm³/mol. The van der Waals surface area contributed by atoms with E-state index >= 15 is 0 Å². The van der Waals surface area contributed by atoms with Gasteiger partial charge in [-0.25, -0.2) is 9.79 Å². The number of rotatable bonds is 5. The van der Waals surface area contributed by atoms with E-state index in [-0.39, 0.29) is 11.6 Å². The average Bonchev–Trinajstić information content (AvgIpc) is 3.07. The molecule has 0 saturated carbocycles. The highest BCUT2D eigenvalue weighted by molar-refractivity contribution is 9.10. The monoisotopic (exact) mass is 501 g/mol. The third kappa shape index (κ3) is 4.93. The van der Waals surface area contributed by atoms with E-state index in [0.29, 0.717) is 22.2 Å². The number of aliphatic imine (C=N–C) groups is 1. The van der Waals surface area contributed by atoms with Crippen LogP contribution in [0.4, 0.5) is 0 Å². The lowest BCUT2D eigenvalue weighted by atomic mass is 10.2. The molecule has 0 atom stereocenters. The smallest absolute Gasteiger partial charge is 0.363 e. The fourth-order valence-corrected chi connectivity index (χ4v) is 3.73. The molecule has 0 unspecified atom stereocenters. The Kier molecular flexibility index (Phi) is 6.23. The van der Waals surface area contributed by atoms with Gasteiger partial charge in [0, 0.05) is 9.50 Å². The lowest BCUT2D eigenvalue weighted by Crippen LogP contribution is -2.05. The first kappa shape index (κ1) is 20.7. The van der Waals surface area contributed by atoms with Gasteiger partial charge in [0.05, 0.1) is 10.6 Å². The number of cyclic esters (lactones) is 1. The van der Waals surface area contributed by atoms with Gasteiger partial charge in [0.1, 0.15) is 12.4 Å². The molecule has 0 amide bonds. The number of carbonyl (C=O) groups excluding carboxylic acids is 1. The van der Waals surface area contributed by atoms with Gasteiger partial charge in [-0.05, 0) is 59.7 Å². The number of benzene rings is 3. The van der Waals surface area contributed by atoms with Crippen LogP contribution < -0.4 is 4.74 Å². The number of esters is 1. The van der Waals surface area contributed by atoms with E-state index in [2.05, 4.69) is 20.9 Å². The van der Waals surface area contributed by atoms with Crippen molar-refractivity contribution in [2.24, 2.45) is 4.99 Å². The number of halogens is 3. The van der Waals surface area contributed by atoms with Gasteiger partial charge >= 0.3 is 5.97 Å². The van der Waals surface area contributed by atoms with Crippen LogP contribution in [0.2, 0.25) is 10.0 Å². The summed E-state index contributed by atoms with van der Waals surface area (Å²) >= 11 is 15.5. The Bertz CT molecular complexity index is 1170. The highest BCUT2D eigenvalue weighted by Crippen LogP contribution is 2.26. The minimum atomic E-state index is -0.536. The van der Waals surface area contributed by atoms with Crippen molar-refractivity contribution in [3.8, 4) is 5.75 Å². The van der Waals surface area contributed by atoms with Crippen molar-refractivity contribution >= 4 is 57.1 Å². The van der Waals surface area contributed by atoms with Gasteiger partial charge in [-0.3, -0.25) is 0 Å². The summed E-state index contributed by atoms with van der Waals surface area (Å²) in [5.41, 5.74) is 2.56. The first-order chi connectivity index (χ1) is 14.5. The molecule has 1 heterocycles. The van der Waals surface area contributed by atoms with Crippen LogP contribution in [-0.4, -0.2) is 11.9 Å². The summed E-state index contributed by atoms with van der Waals surface area (Å²) in [6.45, 7) is 0.460. The molecule has 0 spiro atoms. The van der Waals surface area contributed by atoms with E-state index in [1.165, 1.54) is 0 Å². The maximum absolute atomic E-state index is 12.2. The molecular weight excluding hydrogens is 489 g/mol. The average molecular weight is 503 g/mol. The van der Waals surface area contributed by atoms with E-state index in [0.717, 1.165) is 21.3 Å². The van der Waals surface area contributed by atoms with Gasteiger partial charge in [-0.15, -0.1) is 0 Å². The predicted octanol–water partition coefficient (Wildman–Crippen LogP) is 6.68. The molecule has 0 bridgehead atoms. The van der Waals surface area contributed by atoms with Crippen molar-refractivity contribution in [2.45, 2.75) is 6.61 Å². The molecule has 1 aliphatic heterocycles. The Morgan fingerprint density at radius 2 is 1.83 bits per heavy atom. The number of ether oxygens (including phenoxy) is 2. The summed E-state index contributed by atoms with van der Waals surface area (Å²) in [6, 6.07) is 20.2. The molecule has 1 aliphatic rings. The summed E-state index contributed by atoms with van der Waals surface area (Å²) in [5.74, 6) is 0.344. The minimum Gasteiger partial charge on any atom is -0.489 e. The highest BCUT2D eigenvalue weighted by atomic mass is 79.9. The second kappa shape index (κ2) is 9.04. The highest BCUT2D eigenvalue weighted by Gasteiger charge is 2.25. The number of carbonyl (C=O) groups is 1. The van der Waals surface area contributed by atoms with Gasteiger partial charge in [0.2, 0.25) is 5.90 Å². The molecule has 4 nitrogen and oxygen atoms in total. The maximum Gasteiger partial charge on any atom is 0.363 e. The van der Waals surface area contributed by atoms with E-state index in [1.54, 1.807) is 24.3 Å². The lowest BCUT2D eigenvalue weighted by molar-refractivity contribution is -0.129. The van der Waals surface area contributed by atoms with Crippen LogP contribution in [0.3, 0.4) is 0 Å². The second-order valence-electron chi connectivity index (χ2n) is 6.45. The van der Waals surface area contributed by atoms with Crippen LogP contribution in [0.25, 0.3) is 6.08 Å². The third-order valence-corrected chi connectivity index (χ3v) is 5.30. The molecule has 0 aromatic heterocycles. The van der Waals surface area contributed by atoms with Crippen molar-refractivity contribution in [1.29, 1.82) is 0 Å². The summed E-state index contributed by atoms with van der Waals surface area (Å²) in [4.78, 5) is 16.5. The first-order valence-electron chi connectivity index (χ1n) is 8.93. The van der Waals surface area contributed by atoms with Gasteiger partial charge in [0.25, 0.3) is 0 Å². The topological polar surface area (TPSA) is 47.9 Å². The Hall–Kier alpha value is -2.60. The molecule has 7 heteroatoms. The lowest BCUT2D eigenvalue weighted by Gasteiger charge is -2.07. The molecule has 0 saturated heterocycles. The molecule has 3 aromatic carbocycles. The zero-order valence-corrected chi connectivity index (χ0v) is 18.5. The van der Waals surface area contributed by atoms with E-state index in [1.807, 2.05) is 48.5 Å². The van der Waals surface area contributed by atoms with Crippen LogP contribution >= 0.6 is 39.1 Å². The quantitative estimate of drug-likeness (QED) is 0.289. The third-order valence-electron chi connectivity index (χ3n) is 4.26. The number of hydrogen-bond acceptors (Lipinski definition) is 4. The fourth-order valence-electron chi connectivity index (χ4n) is 2.80. The SMILES string of the molecule is O=C1OC(c2ccc(Cl)cc2Cl)=N/C1=C\c1ccc(OCc2cccc(Br)c2)cc1. The van der Waals surface area contributed by atoms with Crippen LogP contribution in [0.5, 0.6) is 5.75 Å². The van der Waals surface area contributed by atoms with Gasteiger partial charge in [-0.1, -0.05) is 63.4 Å². The molecule has 3 aromatic rings. The first-order valence-corrected chi connectivity index (χ1v) is 10.5. The van der Waals surface area contributed by atoms with Crippen molar-refractivity contribution in [3.63, 3.8) is 0 Å². The molecule has 0 N–H and O–H groups in total. The molecular formula is C23H14BrCl2NO3. The van der Waals surface area contributed by atoms with Crippen molar-refractivity contribution in [2.75, 3.05) is 0 Å². The minimum absolute atomic E-state index is 0.155. The number of hydrogen-bond donors (Lipinski definition) is 0. The van der Waals surface area contributed by atoms with Gasteiger partial charge < -0.3 is 9.47 Å². The molecule has 0 radical (unpaired) electrons. The molecule has 4 rings (SSSR count). The Morgan fingerprint density at radius 1 is 1.03 bits per heavy atom. The zero-order chi connectivity index (χ0) is 21.1. The molecule has 30 heavy (non-hydrogen) atoms. The Labute approximate surface area is 191 Å². The van der Waals surface area contributed by atoms with E-state index < -0.39 is 5.97 Å². The van der Waals surface area contributed by atoms with E-state index in [9.17, 15) is 4.79 Å². The van der Waals surface area contributed by atoms with Crippen molar-refractivity contribution < 1.29 is 14.3 Å². The summed E-state index contributed by atoms with van der Waals surface area (Å²) in [6.07, 6.45) is 1.65. The fraction of sp³-hybridized carbons (Fsp3) is 0.0435. The van der Waals surface area contributed by atoms with Gasteiger partial charge in [0.15, 0.2) is 5.70 Å². The normalized spacial score (nSPS) is 14.6. The van der Waals surface area contributed by atoms with Crippen LogP contribution in [0.15, 0.2) is 81.9 Å². The summed E-state index contributed by atoms with van der Waals surface area (Å²) in [5, 5.41) is 0.855. The largest absolute Gasteiger partial charge is 0.489 e. The van der Waals surface area contributed by atoms with Gasteiger partial charge in [-0.2, -0.15) is 0 Å². The van der Waals surface area contributed by atoms with Crippen molar-refractivity contribution in [3.05, 3.63) is 104 Å². The Morgan fingerprint density at radius 3 is 2.57 bits per heavy atom. The Balaban J connectivity index is 1.47. The maximum atomic E-state index is 12.2.